The van der Waals surface area contributed by atoms with E-state index in [-0.39, 0.29) is 27.9 Å². The van der Waals surface area contributed by atoms with E-state index in [0.29, 0.717) is 16.8 Å². The van der Waals surface area contributed by atoms with E-state index in [0.717, 1.165) is 12.8 Å². The maximum atomic E-state index is 12.4. The Bertz CT molecular complexity index is 1030. The molecule has 0 radical (unpaired) electrons. The van der Waals surface area contributed by atoms with Gasteiger partial charge < -0.3 is 10.6 Å². The van der Waals surface area contributed by atoms with Crippen LogP contribution in [-0.4, -0.2) is 32.3 Å². The van der Waals surface area contributed by atoms with Crippen molar-refractivity contribution in [3.05, 3.63) is 58.6 Å². The second-order valence-electron chi connectivity index (χ2n) is 7.20. The van der Waals surface area contributed by atoms with Crippen molar-refractivity contribution in [1.29, 1.82) is 0 Å². The van der Waals surface area contributed by atoms with E-state index in [1.807, 2.05) is 0 Å². The Balaban J connectivity index is 1.68. The number of anilines is 1. The number of carbonyl (C=O) groups excluding carboxylic acids is 2. The van der Waals surface area contributed by atoms with Gasteiger partial charge in [-0.05, 0) is 69.2 Å². The molecule has 1 saturated carbocycles. The molecular weight excluding hydrogens is 414 g/mol. The molecule has 0 unspecified atom stereocenters. The van der Waals surface area contributed by atoms with E-state index in [1.165, 1.54) is 30.3 Å². The molecule has 0 heterocycles. The lowest BCUT2D eigenvalue weighted by molar-refractivity contribution is 0.0950. The SMILES string of the molecule is CC(C)NS(=O)(=O)c1ccc(C(=O)Nc2ccc(C(=O)NC3CC3)c(Cl)c2)cc1. The van der Waals surface area contributed by atoms with Crippen molar-refractivity contribution >= 4 is 39.1 Å². The molecule has 0 aromatic heterocycles. The number of amides is 2. The molecule has 29 heavy (non-hydrogen) atoms. The number of benzene rings is 2. The average Bonchev–Trinajstić information content (AvgIpc) is 3.44. The number of halogens is 1. The first-order chi connectivity index (χ1) is 13.7. The Morgan fingerprint density at radius 3 is 2.24 bits per heavy atom. The molecule has 0 aliphatic heterocycles. The summed E-state index contributed by atoms with van der Waals surface area (Å²) in [5.41, 5.74) is 1.07. The lowest BCUT2D eigenvalue weighted by Gasteiger charge is -2.11. The summed E-state index contributed by atoms with van der Waals surface area (Å²) in [5.74, 6) is -0.654. The molecule has 3 N–H and O–H groups in total. The molecule has 7 nitrogen and oxygen atoms in total. The molecule has 0 saturated heterocycles. The van der Waals surface area contributed by atoms with Crippen LogP contribution in [0.25, 0.3) is 0 Å². The van der Waals surface area contributed by atoms with Crippen molar-refractivity contribution in [3.8, 4) is 0 Å². The van der Waals surface area contributed by atoms with Gasteiger partial charge in [-0.3, -0.25) is 9.59 Å². The van der Waals surface area contributed by atoms with Gasteiger partial charge in [0, 0.05) is 23.3 Å². The summed E-state index contributed by atoms with van der Waals surface area (Å²) in [6.45, 7) is 3.46. The number of rotatable bonds is 7. The van der Waals surface area contributed by atoms with Gasteiger partial charge in [0.05, 0.1) is 15.5 Å². The largest absolute Gasteiger partial charge is 0.349 e. The highest BCUT2D eigenvalue weighted by Crippen LogP contribution is 2.24. The number of hydrogen-bond donors (Lipinski definition) is 3. The summed E-state index contributed by atoms with van der Waals surface area (Å²) in [6, 6.07) is 10.3. The third-order valence-electron chi connectivity index (χ3n) is 4.20. The van der Waals surface area contributed by atoms with Gasteiger partial charge >= 0.3 is 0 Å². The average molecular weight is 436 g/mol. The van der Waals surface area contributed by atoms with Gasteiger partial charge in [0.15, 0.2) is 0 Å². The second-order valence-corrected chi connectivity index (χ2v) is 9.32. The molecule has 2 amide bonds. The van der Waals surface area contributed by atoms with Crippen LogP contribution >= 0.6 is 11.6 Å². The van der Waals surface area contributed by atoms with Crippen molar-refractivity contribution < 1.29 is 18.0 Å². The van der Waals surface area contributed by atoms with Crippen LogP contribution in [0.3, 0.4) is 0 Å². The summed E-state index contributed by atoms with van der Waals surface area (Å²) in [5, 5.41) is 5.79. The fraction of sp³-hybridized carbons (Fsp3) is 0.300. The first kappa shape index (κ1) is 21.3. The highest BCUT2D eigenvalue weighted by Gasteiger charge is 2.24. The molecule has 154 valence electrons. The van der Waals surface area contributed by atoms with Crippen molar-refractivity contribution in [1.82, 2.24) is 10.0 Å². The third kappa shape index (κ3) is 5.56. The summed E-state index contributed by atoms with van der Waals surface area (Å²) < 4.78 is 26.8. The van der Waals surface area contributed by atoms with Crippen molar-refractivity contribution in [2.45, 2.75) is 43.7 Å². The highest BCUT2D eigenvalue weighted by atomic mass is 35.5. The predicted octanol–water partition coefficient (Wildman–Crippen LogP) is 3.17. The molecule has 9 heteroatoms. The molecule has 0 atom stereocenters. The van der Waals surface area contributed by atoms with Crippen LogP contribution in [0.1, 0.15) is 47.4 Å². The summed E-state index contributed by atoms with van der Waals surface area (Å²) in [4.78, 5) is 24.6. The van der Waals surface area contributed by atoms with Crippen LogP contribution in [0.15, 0.2) is 47.4 Å². The van der Waals surface area contributed by atoms with Crippen LogP contribution in [0.4, 0.5) is 5.69 Å². The van der Waals surface area contributed by atoms with Crippen molar-refractivity contribution in [2.75, 3.05) is 5.32 Å². The molecule has 0 bridgehead atoms. The van der Waals surface area contributed by atoms with Gasteiger partial charge in [-0.15, -0.1) is 0 Å². The van der Waals surface area contributed by atoms with Crippen LogP contribution in [0.5, 0.6) is 0 Å². The maximum absolute atomic E-state index is 12.4. The van der Waals surface area contributed by atoms with Gasteiger partial charge in [-0.2, -0.15) is 0 Å². The Kier molecular flexibility index (Phi) is 6.26. The van der Waals surface area contributed by atoms with Crippen LogP contribution in [0.2, 0.25) is 5.02 Å². The standard InChI is InChI=1S/C20H22ClN3O4S/c1-12(2)24-29(27,28)16-8-3-13(4-9-16)19(25)23-15-7-10-17(18(21)11-15)20(26)22-14-5-6-14/h3-4,7-12,14,24H,5-6H2,1-2H3,(H,22,26)(H,23,25). The zero-order chi connectivity index (χ0) is 21.2. The van der Waals surface area contributed by atoms with Crippen molar-refractivity contribution in [2.24, 2.45) is 0 Å². The first-order valence-electron chi connectivity index (χ1n) is 9.20. The Morgan fingerprint density at radius 1 is 1.03 bits per heavy atom. The number of nitrogens with one attached hydrogen (secondary N) is 3. The smallest absolute Gasteiger partial charge is 0.255 e. The number of hydrogen-bond acceptors (Lipinski definition) is 4. The predicted molar refractivity (Wildman–Crippen MR) is 112 cm³/mol. The molecule has 1 aliphatic rings. The van der Waals surface area contributed by atoms with E-state index in [4.69, 9.17) is 11.6 Å². The van der Waals surface area contributed by atoms with Crippen LogP contribution < -0.4 is 15.4 Å². The van der Waals surface area contributed by atoms with Gasteiger partial charge in [-0.25, -0.2) is 13.1 Å². The minimum absolute atomic E-state index is 0.0804. The highest BCUT2D eigenvalue weighted by molar-refractivity contribution is 7.89. The van der Waals surface area contributed by atoms with Gasteiger partial charge in [0.25, 0.3) is 11.8 Å². The minimum Gasteiger partial charge on any atom is -0.349 e. The quantitative estimate of drug-likeness (QED) is 0.621. The van der Waals surface area contributed by atoms with E-state index < -0.39 is 15.9 Å². The summed E-state index contributed by atoms with van der Waals surface area (Å²) >= 11 is 6.18. The molecule has 3 rings (SSSR count). The zero-order valence-corrected chi connectivity index (χ0v) is 17.6. The van der Waals surface area contributed by atoms with E-state index in [1.54, 1.807) is 26.0 Å². The zero-order valence-electron chi connectivity index (χ0n) is 16.0. The Morgan fingerprint density at radius 2 is 1.69 bits per heavy atom. The molecule has 0 spiro atoms. The monoisotopic (exact) mass is 435 g/mol. The fourth-order valence-corrected chi connectivity index (χ4v) is 4.15. The number of sulfonamides is 1. The van der Waals surface area contributed by atoms with Gasteiger partial charge in [-0.1, -0.05) is 11.6 Å². The van der Waals surface area contributed by atoms with E-state index in [9.17, 15) is 18.0 Å². The normalized spacial score (nSPS) is 13.9. The minimum atomic E-state index is -3.62. The Labute approximate surface area is 174 Å². The van der Waals surface area contributed by atoms with Crippen LogP contribution in [-0.2, 0) is 10.0 Å². The topological polar surface area (TPSA) is 104 Å². The lowest BCUT2D eigenvalue weighted by Crippen LogP contribution is -2.30. The van der Waals surface area contributed by atoms with Crippen molar-refractivity contribution in [3.63, 3.8) is 0 Å². The van der Waals surface area contributed by atoms with E-state index >= 15 is 0 Å². The third-order valence-corrected chi connectivity index (χ3v) is 6.19. The van der Waals surface area contributed by atoms with Crippen LogP contribution in [0, 0.1) is 0 Å². The number of carbonyl (C=O) groups is 2. The first-order valence-corrected chi connectivity index (χ1v) is 11.1. The molecule has 2 aromatic carbocycles. The van der Waals surface area contributed by atoms with Gasteiger partial charge in [0.1, 0.15) is 0 Å². The Hall–Kier alpha value is -2.42. The summed E-state index contributed by atoms with van der Waals surface area (Å²) in [6.07, 6.45) is 1.95. The molecule has 1 aliphatic carbocycles. The lowest BCUT2D eigenvalue weighted by atomic mass is 10.1. The second kappa shape index (κ2) is 8.52. The summed E-state index contributed by atoms with van der Waals surface area (Å²) in [7, 11) is -3.62. The van der Waals surface area contributed by atoms with Gasteiger partial charge in [0.2, 0.25) is 10.0 Å². The molecule has 2 aromatic rings. The molecular formula is C20H22ClN3O4S. The maximum Gasteiger partial charge on any atom is 0.255 e. The fourth-order valence-electron chi connectivity index (χ4n) is 2.63. The molecule has 1 fully saturated rings. The van der Waals surface area contributed by atoms with E-state index in [2.05, 4.69) is 15.4 Å².